The highest BCUT2D eigenvalue weighted by Gasteiger charge is 2.45. The average molecular weight is 299 g/mol. The number of rotatable bonds is 6. The van der Waals surface area contributed by atoms with Crippen molar-refractivity contribution in [3.8, 4) is 0 Å². The number of carboxylic acid groups (broad SMARTS) is 1. The van der Waals surface area contributed by atoms with Crippen molar-refractivity contribution in [2.75, 3.05) is 13.1 Å². The Hall–Kier alpha value is -2.12. The number of carbonyl (C=O) groups excluding carboxylic acids is 3. The molecule has 1 aliphatic heterocycles. The Bertz CT molecular complexity index is 474. The lowest BCUT2D eigenvalue weighted by Gasteiger charge is -2.28. The Balaban J connectivity index is 2.77. The fraction of sp³-hybridized carbons (Fsp3) is 0.692. The number of carbonyl (C=O) groups is 4. The van der Waals surface area contributed by atoms with Gasteiger partial charge in [-0.25, -0.2) is 4.79 Å². The molecule has 118 valence electrons. The highest BCUT2D eigenvalue weighted by molar-refractivity contribution is 6.08. The molecule has 8 nitrogen and oxygen atoms in total. The first-order chi connectivity index (χ1) is 9.60. The topological polar surface area (TPSA) is 107 Å². The molecule has 1 heterocycles. The summed E-state index contributed by atoms with van der Waals surface area (Å²) in [7, 11) is 0. The summed E-state index contributed by atoms with van der Waals surface area (Å²) in [6.07, 6.45) is -0.189. The van der Waals surface area contributed by atoms with E-state index < -0.39 is 35.4 Å². The van der Waals surface area contributed by atoms with E-state index in [1.807, 2.05) is 0 Å². The zero-order chi connectivity index (χ0) is 16.4. The van der Waals surface area contributed by atoms with Gasteiger partial charge in [0.2, 0.25) is 5.91 Å². The van der Waals surface area contributed by atoms with Crippen LogP contribution in [-0.4, -0.2) is 63.4 Å². The van der Waals surface area contributed by atoms with E-state index in [0.717, 1.165) is 4.90 Å². The highest BCUT2D eigenvalue weighted by Crippen LogP contribution is 2.17. The summed E-state index contributed by atoms with van der Waals surface area (Å²) in [5.41, 5.74) is -1.03. The molecule has 1 atom stereocenters. The molecule has 21 heavy (non-hydrogen) atoms. The summed E-state index contributed by atoms with van der Waals surface area (Å²) < 4.78 is 0. The van der Waals surface area contributed by atoms with Gasteiger partial charge in [-0.2, -0.15) is 0 Å². The van der Waals surface area contributed by atoms with Gasteiger partial charge >= 0.3 is 12.0 Å². The minimum atomic E-state index is -1.03. The summed E-state index contributed by atoms with van der Waals surface area (Å²) in [6, 6.07) is -1.12. The van der Waals surface area contributed by atoms with E-state index in [0.29, 0.717) is 6.54 Å². The normalized spacial score (nSPS) is 18.4. The van der Waals surface area contributed by atoms with Crippen LogP contribution in [0, 0.1) is 0 Å². The monoisotopic (exact) mass is 299 g/mol. The molecule has 1 rings (SSSR count). The third-order valence-corrected chi connectivity index (χ3v) is 3.40. The quantitative estimate of drug-likeness (QED) is 0.673. The third-order valence-electron chi connectivity index (χ3n) is 3.40. The van der Waals surface area contributed by atoms with Gasteiger partial charge in [0.25, 0.3) is 5.91 Å². The maximum atomic E-state index is 12.2. The van der Waals surface area contributed by atoms with Crippen molar-refractivity contribution in [2.45, 2.75) is 45.7 Å². The summed E-state index contributed by atoms with van der Waals surface area (Å²) in [6.45, 7) is 6.37. The van der Waals surface area contributed by atoms with Crippen LogP contribution in [0.25, 0.3) is 0 Å². The molecule has 0 radical (unpaired) electrons. The van der Waals surface area contributed by atoms with E-state index in [1.165, 1.54) is 4.90 Å². The van der Waals surface area contributed by atoms with Crippen LogP contribution in [0.1, 0.15) is 34.1 Å². The van der Waals surface area contributed by atoms with E-state index in [9.17, 15) is 19.2 Å². The summed E-state index contributed by atoms with van der Waals surface area (Å²) >= 11 is 0. The van der Waals surface area contributed by atoms with Crippen molar-refractivity contribution in [1.82, 2.24) is 15.1 Å². The van der Waals surface area contributed by atoms with Crippen molar-refractivity contribution in [3.05, 3.63) is 0 Å². The fourth-order valence-electron chi connectivity index (χ4n) is 2.28. The number of likely N-dealkylation sites (N-methyl/N-ethyl adjacent to an activating group) is 1. The van der Waals surface area contributed by atoms with Gasteiger partial charge in [0.05, 0.1) is 6.42 Å². The Kier molecular flexibility index (Phi) is 4.93. The first kappa shape index (κ1) is 16.9. The van der Waals surface area contributed by atoms with E-state index in [-0.39, 0.29) is 13.0 Å². The van der Waals surface area contributed by atoms with Crippen molar-refractivity contribution in [1.29, 1.82) is 0 Å². The first-order valence-electron chi connectivity index (χ1n) is 6.75. The van der Waals surface area contributed by atoms with Gasteiger partial charge in [0.15, 0.2) is 0 Å². The zero-order valence-electron chi connectivity index (χ0n) is 12.7. The van der Waals surface area contributed by atoms with Crippen molar-refractivity contribution < 1.29 is 24.3 Å². The molecule has 1 unspecified atom stereocenters. The Morgan fingerprint density at radius 3 is 2.33 bits per heavy atom. The molecule has 0 aliphatic carbocycles. The maximum Gasteiger partial charge on any atom is 0.325 e. The molecule has 0 spiro atoms. The molecule has 0 aromatic heterocycles. The number of carboxylic acids is 1. The largest absolute Gasteiger partial charge is 0.481 e. The maximum absolute atomic E-state index is 12.2. The van der Waals surface area contributed by atoms with Gasteiger partial charge in [-0.3, -0.25) is 19.3 Å². The van der Waals surface area contributed by atoms with Crippen LogP contribution in [0.15, 0.2) is 0 Å². The van der Waals surface area contributed by atoms with Gasteiger partial charge < -0.3 is 15.3 Å². The molecule has 0 aromatic carbocycles. The lowest BCUT2D eigenvalue weighted by molar-refractivity contribution is -0.142. The van der Waals surface area contributed by atoms with E-state index >= 15 is 0 Å². The third kappa shape index (κ3) is 3.71. The van der Waals surface area contributed by atoms with Crippen molar-refractivity contribution in [2.24, 2.45) is 0 Å². The summed E-state index contributed by atoms with van der Waals surface area (Å²) in [5, 5.41) is 11.3. The van der Waals surface area contributed by atoms with Gasteiger partial charge in [-0.15, -0.1) is 0 Å². The number of amides is 4. The first-order valence-corrected chi connectivity index (χ1v) is 6.75. The number of nitrogens with one attached hydrogen (secondary N) is 1. The molecular formula is C13H21N3O5. The lowest BCUT2D eigenvalue weighted by Crippen LogP contribution is -2.47. The molecule has 1 saturated heterocycles. The molecule has 4 amide bonds. The van der Waals surface area contributed by atoms with Crippen molar-refractivity contribution >= 4 is 23.8 Å². The second kappa shape index (κ2) is 6.11. The number of hydrogen-bond acceptors (Lipinski definition) is 4. The summed E-state index contributed by atoms with van der Waals surface area (Å²) in [5.74, 6) is -1.93. The van der Waals surface area contributed by atoms with Crippen LogP contribution in [0.3, 0.4) is 0 Å². The molecule has 1 aliphatic rings. The molecule has 0 aromatic rings. The number of nitrogens with zero attached hydrogens (tertiary/aromatic N) is 2. The standard InChI is InChI=1S/C13H21N3O5/c1-5-15(8(2)6-10(18)19)9(17)7-16-11(20)13(3,4)14-12(16)21/h8H,5-7H2,1-4H3,(H,14,21)(H,18,19). The predicted molar refractivity (Wildman–Crippen MR) is 73.4 cm³/mol. The molecule has 1 fully saturated rings. The molecule has 0 bridgehead atoms. The zero-order valence-corrected chi connectivity index (χ0v) is 12.7. The highest BCUT2D eigenvalue weighted by atomic mass is 16.4. The minimum Gasteiger partial charge on any atom is -0.481 e. The number of aliphatic carboxylic acids is 1. The molecule has 2 N–H and O–H groups in total. The Labute approximate surface area is 123 Å². The Morgan fingerprint density at radius 1 is 1.38 bits per heavy atom. The van der Waals surface area contributed by atoms with Gasteiger partial charge in [-0.05, 0) is 27.7 Å². The summed E-state index contributed by atoms with van der Waals surface area (Å²) in [4.78, 5) is 48.9. The number of hydrogen-bond donors (Lipinski definition) is 2. The molecule has 8 heteroatoms. The van der Waals surface area contributed by atoms with Crippen molar-refractivity contribution in [3.63, 3.8) is 0 Å². The minimum absolute atomic E-state index is 0.189. The van der Waals surface area contributed by atoms with E-state index in [2.05, 4.69) is 5.32 Å². The van der Waals surface area contributed by atoms with Crippen LogP contribution in [0.5, 0.6) is 0 Å². The van der Waals surface area contributed by atoms with Crippen LogP contribution >= 0.6 is 0 Å². The second-order valence-electron chi connectivity index (χ2n) is 5.57. The Morgan fingerprint density at radius 2 is 1.95 bits per heavy atom. The van der Waals surface area contributed by atoms with Crippen LogP contribution < -0.4 is 5.32 Å². The van der Waals surface area contributed by atoms with E-state index in [4.69, 9.17) is 5.11 Å². The second-order valence-corrected chi connectivity index (χ2v) is 5.57. The lowest BCUT2D eigenvalue weighted by atomic mass is 10.1. The van der Waals surface area contributed by atoms with Crippen LogP contribution in [0.2, 0.25) is 0 Å². The van der Waals surface area contributed by atoms with Crippen LogP contribution in [0.4, 0.5) is 4.79 Å². The predicted octanol–water partition coefficient (Wildman–Crippen LogP) is 0.0285. The van der Waals surface area contributed by atoms with Crippen LogP contribution in [-0.2, 0) is 14.4 Å². The molecule has 0 saturated carbocycles. The molecular weight excluding hydrogens is 278 g/mol. The van der Waals surface area contributed by atoms with Gasteiger partial charge in [0.1, 0.15) is 12.1 Å². The number of imide groups is 1. The average Bonchev–Trinajstić information content (AvgIpc) is 2.51. The van der Waals surface area contributed by atoms with E-state index in [1.54, 1.807) is 27.7 Å². The fourth-order valence-corrected chi connectivity index (χ4v) is 2.28. The SMILES string of the molecule is CCN(C(=O)CN1C(=O)NC(C)(C)C1=O)C(C)CC(=O)O. The van der Waals surface area contributed by atoms with Gasteiger partial charge in [0, 0.05) is 12.6 Å². The van der Waals surface area contributed by atoms with Gasteiger partial charge in [-0.1, -0.05) is 0 Å². The smallest absolute Gasteiger partial charge is 0.325 e. The number of urea groups is 1.